The van der Waals surface area contributed by atoms with E-state index >= 15 is 0 Å². The normalized spacial score (nSPS) is 21.9. The lowest BCUT2D eigenvalue weighted by atomic mass is 9.78. The van der Waals surface area contributed by atoms with E-state index in [2.05, 4.69) is 11.9 Å². The van der Waals surface area contributed by atoms with E-state index in [1.54, 1.807) is 11.0 Å². The number of nitrogens with zero attached hydrogens (tertiary/aromatic N) is 1. The molecule has 2 amide bonds. The van der Waals surface area contributed by atoms with Gasteiger partial charge >= 0.3 is 12.0 Å². The van der Waals surface area contributed by atoms with E-state index in [0.717, 1.165) is 12.8 Å². The fourth-order valence-electron chi connectivity index (χ4n) is 2.53. The summed E-state index contributed by atoms with van der Waals surface area (Å²) in [5, 5.41) is 12.2. The molecule has 0 saturated carbocycles. The van der Waals surface area contributed by atoms with Crippen LogP contribution in [0.5, 0.6) is 0 Å². The van der Waals surface area contributed by atoms with Crippen LogP contribution in [0.1, 0.15) is 32.6 Å². The van der Waals surface area contributed by atoms with Crippen molar-refractivity contribution in [1.82, 2.24) is 10.2 Å². The number of aliphatic carboxylic acids is 1. The quantitative estimate of drug-likeness (QED) is 0.529. The number of carbonyl (C=O) groups excluding carboxylic acids is 1. The number of hydrogen-bond donors (Lipinski definition) is 2. The molecule has 1 aliphatic heterocycles. The monoisotopic (exact) mass is 298 g/mol. The van der Waals surface area contributed by atoms with Gasteiger partial charge in [-0.1, -0.05) is 13.0 Å². The van der Waals surface area contributed by atoms with Crippen molar-refractivity contribution in [2.45, 2.75) is 32.6 Å². The molecule has 0 aromatic heterocycles. The van der Waals surface area contributed by atoms with E-state index in [9.17, 15) is 14.7 Å². The van der Waals surface area contributed by atoms with Crippen molar-refractivity contribution in [1.29, 1.82) is 0 Å². The molecule has 0 spiro atoms. The zero-order chi connectivity index (χ0) is 15.7. The van der Waals surface area contributed by atoms with E-state index in [1.807, 2.05) is 6.92 Å². The molecular formula is C15H26N2O4. The molecule has 6 heteroatoms. The topological polar surface area (TPSA) is 78.9 Å². The summed E-state index contributed by atoms with van der Waals surface area (Å²) in [6.45, 7) is 7.83. The molecule has 0 aromatic rings. The molecule has 6 nitrogen and oxygen atoms in total. The van der Waals surface area contributed by atoms with E-state index in [1.165, 1.54) is 0 Å². The number of piperidine rings is 1. The number of rotatable bonds is 8. The second-order valence-electron chi connectivity index (χ2n) is 5.39. The minimum Gasteiger partial charge on any atom is -0.481 e. The van der Waals surface area contributed by atoms with E-state index in [4.69, 9.17) is 4.74 Å². The summed E-state index contributed by atoms with van der Waals surface area (Å²) < 4.78 is 5.31. The Hall–Kier alpha value is -1.56. The van der Waals surface area contributed by atoms with Gasteiger partial charge in [-0.15, -0.1) is 6.58 Å². The lowest BCUT2D eigenvalue weighted by Crippen LogP contribution is -2.52. The highest BCUT2D eigenvalue weighted by molar-refractivity contribution is 5.78. The maximum absolute atomic E-state index is 12.1. The Labute approximate surface area is 126 Å². The number of carbonyl (C=O) groups is 2. The predicted molar refractivity (Wildman–Crippen MR) is 80.2 cm³/mol. The molecular weight excluding hydrogens is 272 g/mol. The van der Waals surface area contributed by atoms with Crippen molar-refractivity contribution in [3.05, 3.63) is 12.7 Å². The van der Waals surface area contributed by atoms with Crippen molar-refractivity contribution in [2.24, 2.45) is 5.41 Å². The van der Waals surface area contributed by atoms with Crippen molar-refractivity contribution >= 4 is 12.0 Å². The third-order valence-electron chi connectivity index (χ3n) is 3.98. The first-order chi connectivity index (χ1) is 10.1. The zero-order valence-electron chi connectivity index (χ0n) is 12.8. The van der Waals surface area contributed by atoms with Gasteiger partial charge < -0.3 is 20.1 Å². The Bertz CT molecular complexity index is 373. The van der Waals surface area contributed by atoms with Gasteiger partial charge in [-0.3, -0.25) is 4.79 Å². The highest BCUT2D eigenvalue weighted by atomic mass is 16.5. The summed E-state index contributed by atoms with van der Waals surface area (Å²) in [4.78, 5) is 25.1. The summed E-state index contributed by atoms with van der Waals surface area (Å²) in [5.41, 5.74) is -0.796. The first-order valence-electron chi connectivity index (χ1n) is 7.50. The minimum atomic E-state index is -0.810. The van der Waals surface area contributed by atoms with Gasteiger partial charge in [0.2, 0.25) is 0 Å². The van der Waals surface area contributed by atoms with Crippen molar-refractivity contribution < 1.29 is 19.4 Å². The highest BCUT2D eigenvalue weighted by Crippen LogP contribution is 2.33. The van der Waals surface area contributed by atoms with Crippen molar-refractivity contribution in [3.63, 3.8) is 0 Å². The maximum Gasteiger partial charge on any atom is 0.317 e. The van der Waals surface area contributed by atoms with Gasteiger partial charge in [0.1, 0.15) is 0 Å². The molecule has 0 bridgehead atoms. The van der Waals surface area contributed by atoms with Gasteiger partial charge in [0.25, 0.3) is 0 Å². The molecule has 21 heavy (non-hydrogen) atoms. The fraction of sp³-hybridized carbons (Fsp3) is 0.733. The lowest BCUT2D eigenvalue weighted by Gasteiger charge is -2.39. The Kier molecular flexibility index (Phi) is 7.22. The van der Waals surface area contributed by atoms with Crippen LogP contribution in [0.25, 0.3) is 0 Å². The predicted octanol–water partition coefficient (Wildman–Crippen LogP) is 1.87. The SMILES string of the molecule is C=CCCOCCNC(=O)N1CCCC(CC)(C(=O)O)C1. The van der Waals surface area contributed by atoms with Crippen LogP contribution in [-0.2, 0) is 9.53 Å². The molecule has 0 aromatic carbocycles. The van der Waals surface area contributed by atoms with Crippen LogP contribution in [0, 0.1) is 5.41 Å². The largest absolute Gasteiger partial charge is 0.481 e. The van der Waals surface area contributed by atoms with Gasteiger partial charge in [-0.2, -0.15) is 0 Å². The highest BCUT2D eigenvalue weighted by Gasteiger charge is 2.42. The standard InChI is InChI=1S/C15H26N2O4/c1-3-5-10-21-11-8-16-14(20)17-9-6-7-15(4-2,12-17)13(18)19/h3H,1,4-12H2,2H3,(H,16,20)(H,18,19). The number of carboxylic acid groups (broad SMARTS) is 1. The Balaban J connectivity index is 2.36. The molecule has 0 aliphatic carbocycles. The average molecular weight is 298 g/mol. The third-order valence-corrected chi connectivity index (χ3v) is 3.98. The number of amides is 2. The molecule has 1 heterocycles. The lowest BCUT2D eigenvalue weighted by molar-refractivity contribution is -0.152. The summed E-state index contributed by atoms with van der Waals surface area (Å²) in [6.07, 6.45) is 4.47. The van der Waals surface area contributed by atoms with Gasteiger partial charge in [-0.05, 0) is 25.7 Å². The van der Waals surface area contributed by atoms with Gasteiger partial charge in [0.15, 0.2) is 0 Å². The molecule has 1 fully saturated rings. The number of carboxylic acids is 1. The van der Waals surface area contributed by atoms with Crippen LogP contribution in [-0.4, -0.2) is 54.9 Å². The summed E-state index contributed by atoms with van der Waals surface area (Å²) in [5.74, 6) is -0.810. The Morgan fingerprint density at radius 2 is 2.24 bits per heavy atom. The van der Waals surface area contributed by atoms with Gasteiger partial charge in [0, 0.05) is 19.6 Å². The molecule has 2 N–H and O–H groups in total. The van der Waals surface area contributed by atoms with Crippen LogP contribution >= 0.6 is 0 Å². The van der Waals surface area contributed by atoms with Gasteiger partial charge in [-0.25, -0.2) is 4.79 Å². The van der Waals surface area contributed by atoms with E-state index in [-0.39, 0.29) is 12.6 Å². The van der Waals surface area contributed by atoms with Crippen molar-refractivity contribution in [2.75, 3.05) is 32.8 Å². The van der Waals surface area contributed by atoms with Crippen LogP contribution < -0.4 is 5.32 Å². The number of ether oxygens (including phenoxy) is 1. The zero-order valence-corrected chi connectivity index (χ0v) is 12.8. The third kappa shape index (κ3) is 5.04. The van der Waals surface area contributed by atoms with Crippen LogP contribution in [0.3, 0.4) is 0 Å². The molecule has 1 saturated heterocycles. The van der Waals surface area contributed by atoms with Crippen LogP contribution in [0.2, 0.25) is 0 Å². The number of hydrogen-bond acceptors (Lipinski definition) is 3. The van der Waals surface area contributed by atoms with E-state index < -0.39 is 11.4 Å². The fourth-order valence-corrected chi connectivity index (χ4v) is 2.53. The number of likely N-dealkylation sites (tertiary alicyclic amines) is 1. The molecule has 1 atom stereocenters. The minimum absolute atomic E-state index is 0.207. The number of nitrogens with one attached hydrogen (secondary N) is 1. The number of urea groups is 1. The van der Waals surface area contributed by atoms with Crippen LogP contribution in [0.15, 0.2) is 12.7 Å². The average Bonchev–Trinajstić information content (AvgIpc) is 2.50. The molecule has 1 rings (SSSR count). The second-order valence-corrected chi connectivity index (χ2v) is 5.39. The van der Waals surface area contributed by atoms with E-state index in [0.29, 0.717) is 39.1 Å². The first kappa shape index (κ1) is 17.5. The van der Waals surface area contributed by atoms with Crippen molar-refractivity contribution in [3.8, 4) is 0 Å². The first-order valence-corrected chi connectivity index (χ1v) is 7.50. The smallest absolute Gasteiger partial charge is 0.317 e. The van der Waals surface area contributed by atoms with Crippen LogP contribution in [0.4, 0.5) is 4.79 Å². The summed E-state index contributed by atoms with van der Waals surface area (Å²) in [6, 6.07) is -0.207. The van der Waals surface area contributed by atoms with Gasteiger partial charge in [0.05, 0.1) is 18.6 Å². The summed E-state index contributed by atoms with van der Waals surface area (Å²) in [7, 11) is 0. The molecule has 120 valence electrons. The summed E-state index contributed by atoms with van der Waals surface area (Å²) >= 11 is 0. The second kappa shape index (κ2) is 8.67. The molecule has 1 aliphatic rings. The Morgan fingerprint density at radius 1 is 1.48 bits per heavy atom. The Morgan fingerprint density at radius 3 is 2.86 bits per heavy atom. The maximum atomic E-state index is 12.1. The molecule has 0 radical (unpaired) electrons. The molecule has 1 unspecified atom stereocenters.